The van der Waals surface area contributed by atoms with Crippen molar-refractivity contribution in [2.45, 2.75) is 25.4 Å². The number of fused-ring (bicyclic) bond motifs is 1. The third-order valence-electron chi connectivity index (χ3n) is 6.06. The van der Waals surface area contributed by atoms with E-state index >= 15 is 0 Å². The van der Waals surface area contributed by atoms with Crippen molar-refractivity contribution >= 4 is 11.6 Å². The number of nitrogens with one attached hydrogen (secondary N) is 2. The molecule has 5 rings (SSSR count). The molecule has 2 aliphatic heterocycles. The molecule has 33 heavy (non-hydrogen) atoms. The summed E-state index contributed by atoms with van der Waals surface area (Å²) in [5, 5.41) is 9.90. The van der Waals surface area contributed by atoms with Gasteiger partial charge >= 0.3 is 0 Å². The van der Waals surface area contributed by atoms with Crippen molar-refractivity contribution in [3.05, 3.63) is 54.4 Å². The van der Waals surface area contributed by atoms with Crippen LogP contribution in [-0.4, -0.2) is 49.1 Å². The minimum atomic E-state index is -0.316. The molecule has 2 aliphatic rings. The van der Waals surface area contributed by atoms with Crippen LogP contribution in [0.4, 0.5) is 5.69 Å². The van der Waals surface area contributed by atoms with Crippen molar-refractivity contribution in [1.29, 1.82) is 0 Å². The van der Waals surface area contributed by atoms with Gasteiger partial charge in [0, 0.05) is 18.4 Å². The standard InChI is InChI=1S/C25H27N3O5/c1-30-20-5-7-23-17(10-20)9-18(14-32-23)25(29)28-22-6-4-16(19-12-26-27-13-19)11-24(22)33-15-21-3-2-8-31-21/h4-7,10-13,18,21H,2-3,8-9,14-15H2,1H3,(H,26,27)(H,28,29)/t18-,21+/m1/s1. The number of methoxy groups -OCH3 is 1. The fraction of sp³-hybridized carbons (Fsp3) is 0.360. The van der Waals surface area contributed by atoms with Crippen LogP contribution in [-0.2, 0) is 16.0 Å². The third-order valence-corrected chi connectivity index (χ3v) is 6.06. The molecular weight excluding hydrogens is 422 g/mol. The van der Waals surface area contributed by atoms with Gasteiger partial charge < -0.3 is 24.3 Å². The smallest absolute Gasteiger partial charge is 0.231 e. The lowest BCUT2D eigenvalue weighted by Gasteiger charge is -2.25. The molecule has 0 spiro atoms. The summed E-state index contributed by atoms with van der Waals surface area (Å²) >= 11 is 0. The normalized spacial score (nSPS) is 19.4. The van der Waals surface area contributed by atoms with Crippen LogP contribution in [0, 0.1) is 5.92 Å². The van der Waals surface area contributed by atoms with Gasteiger partial charge in [-0.15, -0.1) is 0 Å². The van der Waals surface area contributed by atoms with Gasteiger partial charge in [-0.3, -0.25) is 9.89 Å². The first-order chi connectivity index (χ1) is 16.2. The highest BCUT2D eigenvalue weighted by Crippen LogP contribution is 2.34. The largest absolute Gasteiger partial charge is 0.497 e. The summed E-state index contributed by atoms with van der Waals surface area (Å²) in [4.78, 5) is 13.1. The minimum Gasteiger partial charge on any atom is -0.497 e. The number of aromatic amines is 1. The summed E-state index contributed by atoms with van der Waals surface area (Å²) in [5.74, 6) is 1.73. The quantitative estimate of drug-likeness (QED) is 0.569. The third kappa shape index (κ3) is 4.80. The van der Waals surface area contributed by atoms with Crippen LogP contribution in [0.25, 0.3) is 11.1 Å². The Morgan fingerprint density at radius 2 is 2.18 bits per heavy atom. The van der Waals surface area contributed by atoms with E-state index in [1.54, 1.807) is 13.3 Å². The molecule has 1 aromatic heterocycles. The van der Waals surface area contributed by atoms with Crippen LogP contribution in [0.15, 0.2) is 48.8 Å². The van der Waals surface area contributed by atoms with Crippen LogP contribution in [0.2, 0.25) is 0 Å². The van der Waals surface area contributed by atoms with Crippen LogP contribution in [0.1, 0.15) is 18.4 Å². The zero-order valence-electron chi connectivity index (χ0n) is 18.5. The molecule has 2 N–H and O–H groups in total. The number of benzene rings is 2. The lowest BCUT2D eigenvalue weighted by Crippen LogP contribution is -2.32. The molecule has 2 aromatic carbocycles. The number of amides is 1. The van der Waals surface area contributed by atoms with Crippen molar-refractivity contribution in [1.82, 2.24) is 10.2 Å². The highest BCUT2D eigenvalue weighted by Gasteiger charge is 2.27. The molecule has 3 heterocycles. The van der Waals surface area contributed by atoms with Crippen LogP contribution < -0.4 is 19.5 Å². The Kier molecular flexibility index (Phi) is 6.17. The molecule has 8 nitrogen and oxygen atoms in total. The predicted molar refractivity (Wildman–Crippen MR) is 123 cm³/mol. The topological polar surface area (TPSA) is 94.7 Å². The predicted octanol–water partition coefficient (Wildman–Crippen LogP) is 3.83. The molecule has 0 saturated carbocycles. The zero-order chi connectivity index (χ0) is 22.6. The molecule has 1 amide bonds. The fourth-order valence-electron chi connectivity index (χ4n) is 4.19. The molecule has 0 unspecified atom stereocenters. The van der Waals surface area contributed by atoms with Gasteiger partial charge in [-0.2, -0.15) is 5.10 Å². The van der Waals surface area contributed by atoms with Gasteiger partial charge in [0.1, 0.15) is 30.5 Å². The zero-order valence-corrected chi connectivity index (χ0v) is 18.5. The summed E-state index contributed by atoms with van der Waals surface area (Å²) in [6, 6.07) is 11.4. The molecule has 1 saturated heterocycles. The second-order valence-electron chi connectivity index (χ2n) is 8.32. The highest BCUT2D eigenvalue weighted by atomic mass is 16.5. The molecular formula is C25H27N3O5. The number of carbonyl (C=O) groups is 1. The van der Waals surface area contributed by atoms with Gasteiger partial charge in [0.2, 0.25) is 5.91 Å². The highest BCUT2D eigenvalue weighted by molar-refractivity contribution is 5.95. The van der Waals surface area contributed by atoms with Crippen LogP contribution >= 0.6 is 0 Å². The average molecular weight is 450 g/mol. The Hall–Kier alpha value is -3.52. The van der Waals surface area contributed by atoms with Crippen molar-refractivity contribution in [3.63, 3.8) is 0 Å². The van der Waals surface area contributed by atoms with Crippen LogP contribution in [0.3, 0.4) is 0 Å². The Bertz CT molecular complexity index is 1110. The summed E-state index contributed by atoms with van der Waals surface area (Å²) in [6.07, 6.45) is 6.25. The van der Waals surface area contributed by atoms with Gasteiger partial charge in [-0.05, 0) is 60.7 Å². The maximum absolute atomic E-state index is 13.1. The monoisotopic (exact) mass is 449 g/mol. The summed E-state index contributed by atoms with van der Waals surface area (Å²) in [7, 11) is 1.63. The SMILES string of the molecule is COc1ccc2c(c1)C[C@@H](C(=O)Nc1ccc(-c3cn[nH]c3)cc1OC[C@@H]1CCCO1)CO2. The van der Waals surface area contributed by atoms with Gasteiger partial charge in [-0.25, -0.2) is 0 Å². The van der Waals surface area contributed by atoms with Gasteiger partial charge in [0.05, 0.1) is 31.0 Å². The first-order valence-electron chi connectivity index (χ1n) is 11.2. The summed E-state index contributed by atoms with van der Waals surface area (Å²) in [6.45, 7) is 1.53. The number of rotatable bonds is 7. The van der Waals surface area contributed by atoms with E-state index in [2.05, 4.69) is 15.5 Å². The van der Waals surface area contributed by atoms with Crippen LogP contribution in [0.5, 0.6) is 17.2 Å². The lowest BCUT2D eigenvalue weighted by atomic mass is 9.95. The molecule has 2 atom stereocenters. The van der Waals surface area contributed by atoms with E-state index in [-0.39, 0.29) is 17.9 Å². The molecule has 8 heteroatoms. The van der Waals surface area contributed by atoms with E-state index in [9.17, 15) is 4.79 Å². The van der Waals surface area contributed by atoms with E-state index in [1.165, 1.54) is 0 Å². The van der Waals surface area contributed by atoms with E-state index in [1.807, 2.05) is 42.6 Å². The molecule has 0 aliphatic carbocycles. The summed E-state index contributed by atoms with van der Waals surface area (Å²) < 4.78 is 22.9. The van der Waals surface area contributed by atoms with E-state index in [0.29, 0.717) is 31.1 Å². The van der Waals surface area contributed by atoms with E-state index in [4.69, 9.17) is 18.9 Å². The number of anilines is 1. The number of aromatic nitrogens is 2. The van der Waals surface area contributed by atoms with Crippen molar-refractivity contribution in [2.75, 3.05) is 32.2 Å². The molecule has 3 aromatic rings. The maximum Gasteiger partial charge on any atom is 0.231 e. The second kappa shape index (κ2) is 9.54. The fourth-order valence-corrected chi connectivity index (χ4v) is 4.19. The number of nitrogens with zero attached hydrogens (tertiary/aromatic N) is 1. The molecule has 172 valence electrons. The van der Waals surface area contributed by atoms with Crippen molar-refractivity contribution in [2.24, 2.45) is 5.92 Å². The molecule has 1 fully saturated rings. The number of H-pyrrole nitrogens is 1. The number of ether oxygens (including phenoxy) is 4. The second-order valence-corrected chi connectivity index (χ2v) is 8.32. The first kappa shape index (κ1) is 21.3. The van der Waals surface area contributed by atoms with Crippen molar-refractivity contribution < 1.29 is 23.7 Å². The number of hydrogen-bond donors (Lipinski definition) is 2. The molecule has 0 bridgehead atoms. The average Bonchev–Trinajstić information content (AvgIpc) is 3.57. The van der Waals surface area contributed by atoms with Gasteiger partial charge in [0.25, 0.3) is 0 Å². The Labute approximate surface area is 192 Å². The van der Waals surface area contributed by atoms with Gasteiger partial charge in [0.15, 0.2) is 0 Å². The lowest BCUT2D eigenvalue weighted by molar-refractivity contribution is -0.121. The van der Waals surface area contributed by atoms with Gasteiger partial charge in [-0.1, -0.05) is 6.07 Å². The molecule has 0 radical (unpaired) electrons. The Morgan fingerprint density at radius 3 is 2.97 bits per heavy atom. The Balaban J connectivity index is 1.33. The maximum atomic E-state index is 13.1. The van der Waals surface area contributed by atoms with E-state index < -0.39 is 0 Å². The number of carbonyl (C=O) groups excluding carboxylic acids is 1. The summed E-state index contributed by atoms with van der Waals surface area (Å²) in [5.41, 5.74) is 3.49. The Morgan fingerprint density at radius 1 is 1.24 bits per heavy atom. The van der Waals surface area contributed by atoms with Crippen molar-refractivity contribution in [3.8, 4) is 28.4 Å². The first-order valence-corrected chi connectivity index (χ1v) is 11.2. The van der Waals surface area contributed by atoms with E-state index in [0.717, 1.165) is 47.6 Å². The number of hydrogen-bond acceptors (Lipinski definition) is 6. The minimum absolute atomic E-state index is 0.0735.